The summed E-state index contributed by atoms with van der Waals surface area (Å²) in [6, 6.07) is 4.42. The van der Waals surface area contributed by atoms with E-state index in [2.05, 4.69) is 17.1 Å². The molecule has 0 spiro atoms. The molecule has 3 rings (SSSR count). The first-order chi connectivity index (χ1) is 14.3. The largest absolute Gasteiger partial charge is 0.356 e. The minimum absolute atomic E-state index is 0.0201. The van der Waals surface area contributed by atoms with Gasteiger partial charge < -0.3 is 10.2 Å². The van der Waals surface area contributed by atoms with Crippen LogP contribution in [0.15, 0.2) is 23.1 Å². The van der Waals surface area contributed by atoms with Gasteiger partial charge in [0.2, 0.25) is 15.9 Å². The lowest BCUT2D eigenvalue weighted by Crippen LogP contribution is -2.43. The lowest BCUT2D eigenvalue weighted by Gasteiger charge is -2.31. The van der Waals surface area contributed by atoms with Gasteiger partial charge in [-0.05, 0) is 75.9 Å². The maximum absolute atomic E-state index is 12.9. The Morgan fingerprint density at radius 3 is 2.43 bits per heavy atom. The number of carbonyl (C=O) groups excluding carboxylic acids is 1. The van der Waals surface area contributed by atoms with Crippen LogP contribution in [0.2, 0.25) is 10.0 Å². The van der Waals surface area contributed by atoms with Gasteiger partial charge in [-0.2, -0.15) is 4.31 Å². The number of halogens is 2. The molecule has 1 aromatic carbocycles. The molecule has 0 radical (unpaired) electrons. The van der Waals surface area contributed by atoms with Gasteiger partial charge in [0.15, 0.2) is 0 Å². The Morgan fingerprint density at radius 1 is 1.10 bits per heavy atom. The quantitative estimate of drug-likeness (QED) is 0.611. The van der Waals surface area contributed by atoms with Gasteiger partial charge in [-0.15, -0.1) is 0 Å². The Kier molecular flexibility index (Phi) is 8.44. The Morgan fingerprint density at radius 2 is 1.77 bits per heavy atom. The first-order valence-corrected chi connectivity index (χ1v) is 12.9. The molecule has 0 unspecified atom stereocenters. The van der Waals surface area contributed by atoms with Crippen LogP contribution in [0.1, 0.15) is 39.0 Å². The van der Waals surface area contributed by atoms with Crippen molar-refractivity contribution in [3.63, 3.8) is 0 Å². The van der Waals surface area contributed by atoms with Crippen LogP contribution in [0.3, 0.4) is 0 Å². The molecule has 1 N–H and O–H groups in total. The van der Waals surface area contributed by atoms with Crippen molar-refractivity contribution in [2.45, 2.75) is 43.9 Å². The summed E-state index contributed by atoms with van der Waals surface area (Å²) in [5.74, 6) is 0.702. The van der Waals surface area contributed by atoms with Gasteiger partial charge in [-0.1, -0.05) is 30.1 Å². The molecule has 0 bridgehead atoms. The second-order valence-corrected chi connectivity index (χ2v) is 11.2. The third kappa shape index (κ3) is 6.10. The highest BCUT2D eigenvalue weighted by atomic mass is 35.5. The standard InChI is InChI=1S/C21H31Cl2N3O3S/c1-16-5-11-25(12-6-16)10-2-9-24-21(27)17-7-13-26(14-8-17)30(28,29)20-15-18(22)3-4-19(20)23/h3-4,15-17H,2,5-14H2,1H3,(H,24,27). The van der Waals surface area contributed by atoms with Crippen molar-refractivity contribution in [3.05, 3.63) is 28.2 Å². The van der Waals surface area contributed by atoms with Gasteiger partial charge in [0, 0.05) is 30.6 Å². The van der Waals surface area contributed by atoms with E-state index >= 15 is 0 Å². The van der Waals surface area contributed by atoms with Crippen LogP contribution in [0.25, 0.3) is 0 Å². The van der Waals surface area contributed by atoms with Crippen molar-refractivity contribution in [1.29, 1.82) is 0 Å². The fraction of sp³-hybridized carbons (Fsp3) is 0.667. The highest BCUT2D eigenvalue weighted by Crippen LogP contribution is 2.30. The molecule has 0 saturated carbocycles. The number of rotatable bonds is 7. The topological polar surface area (TPSA) is 69.7 Å². The van der Waals surface area contributed by atoms with E-state index in [9.17, 15) is 13.2 Å². The van der Waals surface area contributed by atoms with Gasteiger partial charge in [-0.3, -0.25) is 4.79 Å². The summed E-state index contributed by atoms with van der Waals surface area (Å²) in [5, 5.41) is 3.51. The van der Waals surface area contributed by atoms with E-state index in [1.807, 2.05) is 0 Å². The van der Waals surface area contributed by atoms with Crippen molar-refractivity contribution >= 4 is 39.1 Å². The molecule has 2 aliphatic rings. The number of nitrogens with zero attached hydrogens (tertiary/aromatic N) is 2. The Labute approximate surface area is 189 Å². The molecule has 0 atom stereocenters. The van der Waals surface area contributed by atoms with E-state index < -0.39 is 10.0 Å². The average Bonchev–Trinajstić information content (AvgIpc) is 2.74. The molecular weight excluding hydrogens is 445 g/mol. The molecule has 2 fully saturated rings. The summed E-state index contributed by atoms with van der Waals surface area (Å²) in [6.07, 6.45) is 4.48. The lowest BCUT2D eigenvalue weighted by atomic mass is 9.97. The second-order valence-electron chi connectivity index (χ2n) is 8.42. The number of amides is 1. The van der Waals surface area contributed by atoms with Gasteiger partial charge in [0.05, 0.1) is 5.02 Å². The number of benzene rings is 1. The number of likely N-dealkylation sites (tertiary alicyclic amines) is 1. The first kappa shape index (κ1) is 23.8. The van der Waals surface area contributed by atoms with Crippen molar-refractivity contribution in [2.75, 3.05) is 39.3 Å². The maximum atomic E-state index is 12.9. The Bertz CT molecular complexity index is 834. The molecule has 168 valence electrons. The smallest absolute Gasteiger partial charge is 0.244 e. The zero-order valence-corrected chi connectivity index (χ0v) is 19.8. The number of hydrogen-bond acceptors (Lipinski definition) is 4. The Balaban J connectivity index is 1.42. The van der Waals surface area contributed by atoms with Gasteiger partial charge >= 0.3 is 0 Å². The Hall–Kier alpha value is -0.860. The third-order valence-electron chi connectivity index (χ3n) is 6.16. The highest BCUT2D eigenvalue weighted by Gasteiger charge is 2.33. The molecule has 6 nitrogen and oxygen atoms in total. The molecule has 1 amide bonds. The van der Waals surface area contributed by atoms with Crippen molar-refractivity contribution in [3.8, 4) is 0 Å². The van der Waals surface area contributed by atoms with E-state index in [0.29, 0.717) is 37.5 Å². The molecule has 0 aliphatic carbocycles. The van der Waals surface area contributed by atoms with E-state index in [1.54, 1.807) is 6.07 Å². The van der Waals surface area contributed by atoms with Crippen LogP contribution in [-0.2, 0) is 14.8 Å². The van der Waals surface area contributed by atoms with E-state index in [4.69, 9.17) is 23.2 Å². The minimum Gasteiger partial charge on any atom is -0.356 e. The van der Waals surface area contributed by atoms with Gasteiger partial charge in [0.25, 0.3) is 0 Å². The molecule has 1 aromatic rings. The normalized spacial score (nSPS) is 20.4. The van der Waals surface area contributed by atoms with Gasteiger partial charge in [-0.25, -0.2) is 8.42 Å². The monoisotopic (exact) mass is 475 g/mol. The van der Waals surface area contributed by atoms with Crippen molar-refractivity contribution in [2.24, 2.45) is 11.8 Å². The second kappa shape index (κ2) is 10.6. The number of nitrogens with one attached hydrogen (secondary N) is 1. The minimum atomic E-state index is -3.72. The van der Waals surface area contributed by atoms with Crippen LogP contribution >= 0.6 is 23.2 Å². The lowest BCUT2D eigenvalue weighted by molar-refractivity contribution is -0.126. The summed E-state index contributed by atoms with van der Waals surface area (Å²) in [4.78, 5) is 15.0. The number of piperidine rings is 2. The molecule has 2 saturated heterocycles. The van der Waals surface area contributed by atoms with E-state index in [1.165, 1.54) is 29.3 Å². The molecular formula is C21H31Cl2N3O3S. The maximum Gasteiger partial charge on any atom is 0.244 e. The average molecular weight is 476 g/mol. The zero-order valence-electron chi connectivity index (χ0n) is 17.4. The van der Waals surface area contributed by atoms with E-state index in [0.717, 1.165) is 32.0 Å². The van der Waals surface area contributed by atoms with Crippen LogP contribution < -0.4 is 5.32 Å². The summed E-state index contributed by atoms with van der Waals surface area (Å²) < 4.78 is 27.2. The van der Waals surface area contributed by atoms with Gasteiger partial charge in [0.1, 0.15) is 4.90 Å². The molecule has 2 heterocycles. The molecule has 2 aliphatic heterocycles. The summed E-state index contributed by atoms with van der Waals surface area (Å²) in [5.41, 5.74) is 0. The molecule has 30 heavy (non-hydrogen) atoms. The molecule has 9 heteroatoms. The summed E-state index contributed by atoms with van der Waals surface area (Å²) >= 11 is 12.0. The van der Waals surface area contributed by atoms with Crippen LogP contribution in [0.4, 0.5) is 0 Å². The van der Waals surface area contributed by atoms with E-state index in [-0.39, 0.29) is 21.7 Å². The predicted molar refractivity (Wildman–Crippen MR) is 120 cm³/mol. The van der Waals surface area contributed by atoms with Crippen molar-refractivity contribution in [1.82, 2.24) is 14.5 Å². The summed E-state index contributed by atoms with van der Waals surface area (Å²) in [7, 11) is -3.72. The number of hydrogen-bond donors (Lipinski definition) is 1. The summed E-state index contributed by atoms with van der Waals surface area (Å²) in [6.45, 7) is 6.89. The zero-order chi connectivity index (χ0) is 21.7. The van der Waals surface area contributed by atoms with Crippen LogP contribution in [0, 0.1) is 11.8 Å². The SMILES string of the molecule is CC1CCN(CCCNC(=O)C2CCN(S(=O)(=O)c3cc(Cl)ccc3Cl)CC2)CC1. The van der Waals surface area contributed by atoms with Crippen molar-refractivity contribution < 1.29 is 13.2 Å². The highest BCUT2D eigenvalue weighted by molar-refractivity contribution is 7.89. The predicted octanol–water partition coefficient (Wildman–Crippen LogP) is 3.63. The third-order valence-corrected chi connectivity index (χ3v) is 8.78. The first-order valence-electron chi connectivity index (χ1n) is 10.7. The fourth-order valence-corrected chi connectivity index (χ4v) is 6.32. The molecule has 0 aromatic heterocycles. The van der Waals surface area contributed by atoms with Crippen LogP contribution in [0.5, 0.6) is 0 Å². The fourth-order valence-electron chi connectivity index (χ4n) is 4.12. The number of carbonyl (C=O) groups is 1. The number of sulfonamides is 1. The van der Waals surface area contributed by atoms with Crippen LogP contribution in [-0.4, -0.2) is 62.8 Å².